The molecule has 0 saturated carbocycles. The van der Waals surface area contributed by atoms with Crippen LogP contribution < -0.4 is 20.7 Å². The lowest BCUT2D eigenvalue weighted by atomic mass is 10.2. The maximum absolute atomic E-state index is 5.66. The van der Waals surface area contributed by atoms with Gasteiger partial charge in [0.15, 0.2) is 0 Å². The first-order chi connectivity index (χ1) is 15.6. The lowest BCUT2D eigenvalue weighted by Gasteiger charge is -2.27. The Labute approximate surface area is 186 Å². The van der Waals surface area contributed by atoms with Crippen LogP contribution in [-0.4, -0.2) is 83.4 Å². The summed E-state index contributed by atoms with van der Waals surface area (Å²) in [7, 11) is 4.00. The normalized spacial score (nSPS) is 13.9. The molecule has 3 N–H and O–H groups in total. The summed E-state index contributed by atoms with van der Waals surface area (Å²) >= 11 is 0. The molecule has 1 saturated heterocycles. The van der Waals surface area contributed by atoms with Gasteiger partial charge >= 0.3 is 0 Å². The fourth-order valence-electron chi connectivity index (χ4n) is 3.04. The van der Waals surface area contributed by atoms with E-state index in [0.29, 0.717) is 43.2 Å². The highest BCUT2D eigenvalue weighted by atomic mass is 16.5. The van der Waals surface area contributed by atoms with Gasteiger partial charge in [-0.15, -0.1) is 0 Å². The molecule has 0 aliphatic carbocycles. The van der Waals surface area contributed by atoms with Crippen LogP contribution in [0.2, 0.25) is 0 Å². The van der Waals surface area contributed by atoms with Crippen molar-refractivity contribution >= 4 is 23.4 Å². The first-order valence-corrected chi connectivity index (χ1v) is 10.4. The van der Waals surface area contributed by atoms with Gasteiger partial charge in [0.25, 0.3) is 0 Å². The molecule has 0 radical (unpaired) electrons. The zero-order valence-electron chi connectivity index (χ0n) is 18.2. The van der Waals surface area contributed by atoms with Gasteiger partial charge in [-0.1, -0.05) is 0 Å². The highest BCUT2D eigenvalue weighted by molar-refractivity contribution is 5.66. The number of hydrogen-bond acceptors (Lipinski definition) is 11. The van der Waals surface area contributed by atoms with Gasteiger partial charge in [-0.25, -0.2) is 19.9 Å². The summed E-state index contributed by atoms with van der Waals surface area (Å²) in [6.07, 6.45) is 5.02. The number of pyridine rings is 1. The van der Waals surface area contributed by atoms with Gasteiger partial charge in [0.2, 0.25) is 17.8 Å². The van der Waals surface area contributed by atoms with Crippen LogP contribution in [0.25, 0.3) is 11.3 Å². The fourth-order valence-corrected chi connectivity index (χ4v) is 3.04. The molecule has 4 heterocycles. The van der Waals surface area contributed by atoms with Crippen LogP contribution in [0.4, 0.5) is 23.4 Å². The third-order valence-corrected chi connectivity index (χ3v) is 4.77. The highest BCUT2D eigenvalue weighted by Gasteiger charge is 2.17. The summed E-state index contributed by atoms with van der Waals surface area (Å²) in [5, 5.41) is 3.31. The molecule has 0 unspecified atom stereocenters. The van der Waals surface area contributed by atoms with E-state index in [0.717, 1.165) is 30.9 Å². The smallest absolute Gasteiger partial charge is 0.228 e. The highest BCUT2D eigenvalue weighted by Crippen LogP contribution is 2.25. The third kappa shape index (κ3) is 5.77. The van der Waals surface area contributed by atoms with E-state index in [4.69, 9.17) is 25.2 Å². The van der Waals surface area contributed by atoms with Crippen molar-refractivity contribution in [2.45, 2.75) is 0 Å². The SMILES string of the molecule is CN(C)CCOc1ccc(Nc2cc(-c3cnc(N)nc3)nc(N3CCOCC3)n2)cn1. The molecule has 11 nitrogen and oxygen atoms in total. The second-order valence-electron chi connectivity index (χ2n) is 7.53. The molecule has 4 rings (SSSR count). The Morgan fingerprint density at radius 1 is 1.09 bits per heavy atom. The molecule has 0 aromatic carbocycles. The maximum Gasteiger partial charge on any atom is 0.228 e. The molecule has 0 atom stereocenters. The van der Waals surface area contributed by atoms with Crippen molar-refractivity contribution < 1.29 is 9.47 Å². The molecule has 1 aliphatic heterocycles. The van der Waals surface area contributed by atoms with E-state index in [1.54, 1.807) is 18.6 Å². The number of rotatable bonds is 8. The molecular weight excluding hydrogens is 410 g/mol. The number of likely N-dealkylation sites (N-methyl/N-ethyl adjacent to an activating group) is 1. The van der Waals surface area contributed by atoms with Crippen molar-refractivity contribution in [1.29, 1.82) is 0 Å². The van der Waals surface area contributed by atoms with Crippen LogP contribution in [0.1, 0.15) is 0 Å². The largest absolute Gasteiger partial charge is 0.476 e. The first-order valence-electron chi connectivity index (χ1n) is 10.4. The van der Waals surface area contributed by atoms with Crippen molar-refractivity contribution in [2.24, 2.45) is 0 Å². The van der Waals surface area contributed by atoms with Gasteiger partial charge in [-0.05, 0) is 20.2 Å². The molecule has 11 heteroatoms. The molecular formula is C21H27N9O2. The summed E-state index contributed by atoms with van der Waals surface area (Å²) in [6.45, 7) is 4.13. The van der Waals surface area contributed by atoms with Crippen LogP contribution in [0.3, 0.4) is 0 Å². The van der Waals surface area contributed by atoms with E-state index in [1.165, 1.54) is 0 Å². The lowest BCUT2D eigenvalue weighted by molar-refractivity contribution is 0.122. The minimum absolute atomic E-state index is 0.216. The van der Waals surface area contributed by atoms with Gasteiger partial charge in [0, 0.05) is 49.7 Å². The monoisotopic (exact) mass is 437 g/mol. The van der Waals surface area contributed by atoms with E-state index in [-0.39, 0.29) is 5.95 Å². The second-order valence-corrected chi connectivity index (χ2v) is 7.53. The van der Waals surface area contributed by atoms with Gasteiger partial charge in [0.1, 0.15) is 12.4 Å². The van der Waals surface area contributed by atoms with Crippen LogP contribution in [0.15, 0.2) is 36.8 Å². The Morgan fingerprint density at radius 3 is 2.56 bits per heavy atom. The molecule has 32 heavy (non-hydrogen) atoms. The molecule has 1 fully saturated rings. The van der Waals surface area contributed by atoms with E-state index in [1.807, 2.05) is 32.3 Å². The van der Waals surface area contributed by atoms with Crippen LogP contribution in [-0.2, 0) is 4.74 Å². The minimum Gasteiger partial charge on any atom is -0.476 e. The van der Waals surface area contributed by atoms with Crippen LogP contribution >= 0.6 is 0 Å². The number of morpholine rings is 1. The van der Waals surface area contributed by atoms with E-state index in [9.17, 15) is 0 Å². The molecule has 1 aliphatic rings. The van der Waals surface area contributed by atoms with Crippen molar-refractivity contribution in [3.63, 3.8) is 0 Å². The van der Waals surface area contributed by atoms with Gasteiger partial charge in [0.05, 0.1) is 30.8 Å². The molecule has 0 bridgehead atoms. The number of nitrogen functional groups attached to an aromatic ring is 1. The average Bonchev–Trinajstić information content (AvgIpc) is 2.81. The fraction of sp³-hybridized carbons (Fsp3) is 0.381. The quantitative estimate of drug-likeness (QED) is 0.531. The Bertz CT molecular complexity index is 1010. The molecule has 3 aromatic heterocycles. The summed E-state index contributed by atoms with van der Waals surface area (Å²) in [5.74, 6) is 2.04. The molecule has 168 valence electrons. The number of anilines is 4. The Balaban J connectivity index is 1.55. The minimum atomic E-state index is 0.216. The second kappa shape index (κ2) is 10.2. The zero-order valence-corrected chi connectivity index (χ0v) is 18.2. The van der Waals surface area contributed by atoms with Crippen molar-refractivity contribution in [3.8, 4) is 17.1 Å². The summed E-state index contributed by atoms with van der Waals surface area (Å²) in [4.78, 5) is 26.1. The van der Waals surface area contributed by atoms with E-state index in [2.05, 4.69) is 30.1 Å². The van der Waals surface area contributed by atoms with Crippen LogP contribution in [0.5, 0.6) is 5.88 Å². The molecule has 0 spiro atoms. The van der Waals surface area contributed by atoms with Crippen molar-refractivity contribution in [3.05, 3.63) is 36.8 Å². The summed E-state index contributed by atoms with van der Waals surface area (Å²) in [6, 6.07) is 5.58. The first kappa shape index (κ1) is 21.7. The number of nitrogens with two attached hydrogens (primary N) is 1. The molecule has 0 amide bonds. The Kier molecular flexibility index (Phi) is 6.87. The summed E-state index contributed by atoms with van der Waals surface area (Å²) < 4.78 is 11.1. The predicted molar refractivity (Wildman–Crippen MR) is 122 cm³/mol. The third-order valence-electron chi connectivity index (χ3n) is 4.77. The summed E-state index contributed by atoms with van der Waals surface area (Å²) in [5.41, 5.74) is 7.87. The number of aromatic nitrogens is 5. The van der Waals surface area contributed by atoms with Crippen LogP contribution in [0, 0.1) is 0 Å². The van der Waals surface area contributed by atoms with Crippen molar-refractivity contribution in [2.75, 3.05) is 69.5 Å². The van der Waals surface area contributed by atoms with Gasteiger partial charge in [-0.3, -0.25) is 0 Å². The van der Waals surface area contributed by atoms with E-state index < -0.39 is 0 Å². The zero-order chi connectivity index (χ0) is 22.3. The van der Waals surface area contributed by atoms with Gasteiger partial charge < -0.3 is 30.3 Å². The topological polar surface area (TPSA) is 127 Å². The Hall–Kier alpha value is -3.57. The molecule has 3 aromatic rings. The Morgan fingerprint density at radius 2 is 1.88 bits per heavy atom. The average molecular weight is 438 g/mol. The van der Waals surface area contributed by atoms with Gasteiger partial charge in [-0.2, -0.15) is 4.98 Å². The number of nitrogens with one attached hydrogen (secondary N) is 1. The number of ether oxygens (including phenoxy) is 2. The lowest BCUT2D eigenvalue weighted by Crippen LogP contribution is -2.37. The maximum atomic E-state index is 5.66. The standard InChI is InChI=1S/C21H27N9O2/c1-29(2)5-10-32-19-4-3-16(14-23-19)26-18-11-17(15-12-24-20(22)25-13-15)27-21(28-18)30-6-8-31-9-7-30/h3-4,11-14H,5-10H2,1-2H3,(H2,22,24,25)(H,26,27,28). The van der Waals surface area contributed by atoms with Crippen molar-refractivity contribution in [1.82, 2.24) is 29.8 Å². The number of nitrogens with zero attached hydrogens (tertiary/aromatic N) is 7. The predicted octanol–water partition coefficient (Wildman–Crippen LogP) is 1.43. The van der Waals surface area contributed by atoms with E-state index >= 15 is 0 Å². The number of hydrogen-bond donors (Lipinski definition) is 2.